The van der Waals surface area contributed by atoms with Gasteiger partial charge in [0.05, 0.1) is 13.2 Å². The molecule has 1 unspecified atom stereocenters. The number of benzene rings is 1. The monoisotopic (exact) mass is 385 g/mol. The van der Waals surface area contributed by atoms with Gasteiger partial charge in [-0.15, -0.1) is 0 Å². The number of nitrogens with zero attached hydrogens (tertiary/aromatic N) is 3. The van der Waals surface area contributed by atoms with Crippen molar-refractivity contribution in [2.75, 3.05) is 57.9 Å². The Kier molecular flexibility index (Phi) is 7.74. The predicted molar refractivity (Wildman–Crippen MR) is 117 cm³/mol. The Morgan fingerprint density at radius 2 is 1.89 bits per heavy atom. The Labute approximate surface area is 169 Å². The zero-order valence-electron chi connectivity index (χ0n) is 17.5. The third-order valence-electron chi connectivity index (χ3n) is 5.54. The lowest BCUT2D eigenvalue weighted by atomic mass is 10.0. The fourth-order valence-corrected chi connectivity index (χ4v) is 3.86. The molecule has 3 rings (SSSR count). The SMILES string of the molecule is CN=C(NCc1cccc(N2CC=CC2)c1)NCC(C(C)C)N1CCOCC1. The zero-order valence-corrected chi connectivity index (χ0v) is 17.5. The van der Waals surface area contributed by atoms with Crippen molar-refractivity contribution in [2.24, 2.45) is 10.9 Å². The molecule has 1 aromatic carbocycles. The van der Waals surface area contributed by atoms with Gasteiger partial charge in [-0.3, -0.25) is 9.89 Å². The molecule has 0 amide bonds. The fourth-order valence-electron chi connectivity index (χ4n) is 3.86. The number of rotatable bonds is 7. The number of aliphatic imine (C=N–C) groups is 1. The number of nitrogens with one attached hydrogen (secondary N) is 2. The molecule has 154 valence electrons. The maximum Gasteiger partial charge on any atom is 0.191 e. The number of anilines is 1. The Bertz CT molecular complexity index is 659. The van der Waals surface area contributed by atoms with Gasteiger partial charge in [0, 0.05) is 58.0 Å². The summed E-state index contributed by atoms with van der Waals surface area (Å²) in [5, 5.41) is 6.99. The molecule has 6 nitrogen and oxygen atoms in total. The van der Waals surface area contributed by atoms with Crippen molar-refractivity contribution < 1.29 is 4.74 Å². The van der Waals surface area contributed by atoms with Crippen LogP contribution < -0.4 is 15.5 Å². The Hall–Kier alpha value is -2.05. The molecular weight excluding hydrogens is 350 g/mol. The van der Waals surface area contributed by atoms with Crippen molar-refractivity contribution in [1.29, 1.82) is 0 Å². The molecule has 0 spiro atoms. The van der Waals surface area contributed by atoms with Gasteiger partial charge in [-0.25, -0.2) is 0 Å². The highest BCUT2D eigenvalue weighted by atomic mass is 16.5. The van der Waals surface area contributed by atoms with Crippen LogP contribution in [0.25, 0.3) is 0 Å². The molecule has 2 aliphatic heterocycles. The molecule has 1 saturated heterocycles. The molecule has 0 aliphatic carbocycles. The van der Waals surface area contributed by atoms with Crippen molar-refractivity contribution in [1.82, 2.24) is 15.5 Å². The summed E-state index contributed by atoms with van der Waals surface area (Å²) in [7, 11) is 1.83. The average molecular weight is 386 g/mol. The molecule has 2 N–H and O–H groups in total. The second kappa shape index (κ2) is 10.5. The van der Waals surface area contributed by atoms with Gasteiger partial charge in [-0.2, -0.15) is 0 Å². The molecule has 0 radical (unpaired) electrons. The van der Waals surface area contributed by atoms with Gasteiger partial charge < -0.3 is 20.3 Å². The molecule has 28 heavy (non-hydrogen) atoms. The van der Waals surface area contributed by atoms with Gasteiger partial charge in [-0.1, -0.05) is 38.1 Å². The number of morpholine rings is 1. The predicted octanol–water partition coefficient (Wildman–Crippen LogP) is 2.08. The molecule has 0 bridgehead atoms. The first-order chi connectivity index (χ1) is 13.7. The van der Waals surface area contributed by atoms with Gasteiger partial charge >= 0.3 is 0 Å². The van der Waals surface area contributed by atoms with E-state index < -0.39 is 0 Å². The summed E-state index contributed by atoms with van der Waals surface area (Å²) in [6.45, 7) is 11.9. The van der Waals surface area contributed by atoms with Crippen molar-refractivity contribution >= 4 is 11.6 Å². The number of guanidine groups is 1. The Morgan fingerprint density at radius 3 is 2.57 bits per heavy atom. The Balaban J connectivity index is 1.50. The molecule has 1 atom stereocenters. The standard InChI is InChI=1S/C22H35N5O/c1-18(2)21(27-11-13-28-14-12-27)17-25-22(23-3)24-16-19-7-6-8-20(15-19)26-9-4-5-10-26/h4-8,15,18,21H,9-14,16-17H2,1-3H3,(H2,23,24,25). The van der Waals surface area contributed by atoms with E-state index in [1.54, 1.807) is 0 Å². The number of hydrogen-bond acceptors (Lipinski definition) is 4. The zero-order chi connectivity index (χ0) is 19.8. The van der Waals surface area contributed by atoms with Crippen LogP contribution in [0.15, 0.2) is 41.4 Å². The van der Waals surface area contributed by atoms with Gasteiger partial charge in [-0.05, 0) is 23.6 Å². The van der Waals surface area contributed by atoms with E-state index in [0.717, 1.165) is 58.4 Å². The van der Waals surface area contributed by atoms with E-state index >= 15 is 0 Å². The van der Waals surface area contributed by atoms with E-state index in [4.69, 9.17) is 4.74 Å². The Morgan fingerprint density at radius 1 is 1.14 bits per heavy atom. The van der Waals surface area contributed by atoms with Gasteiger partial charge in [0.2, 0.25) is 0 Å². The molecule has 1 aromatic rings. The van der Waals surface area contributed by atoms with Crippen molar-refractivity contribution in [3.05, 3.63) is 42.0 Å². The van der Waals surface area contributed by atoms with Crippen LogP contribution in [0.1, 0.15) is 19.4 Å². The second-order valence-corrected chi connectivity index (χ2v) is 7.81. The maximum atomic E-state index is 5.50. The van der Waals surface area contributed by atoms with E-state index in [0.29, 0.717) is 12.0 Å². The first kappa shape index (κ1) is 20.7. The third kappa shape index (κ3) is 5.72. The van der Waals surface area contributed by atoms with Crippen molar-refractivity contribution in [2.45, 2.75) is 26.4 Å². The summed E-state index contributed by atoms with van der Waals surface area (Å²) < 4.78 is 5.50. The lowest BCUT2D eigenvalue weighted by Crippen LogP contribution is -2.52. The van der Waals surface area contributed by atoms with Crippen LogP contribution in [0.3, 0.4) is 0 Å². The molecule has 2 aliphatic rings. The highest BCUT2D eigenvalue weighted by Gasteiger charge is 2.23. The normalized spacial score (nSPS) is 19.3. The van der Waals surface area contributed by atoms with Crippen LogP contribution in [-0.4, -0.2) is 69.9 Å². The molecule has 6 heteroatoms. The maximum absolute atomic E-state index is 5.50. The number of hydrogen-bond donors (Lipinski definition) is 2. The first-order valence-electron chi connectivity index (χ1n) is 10.4. The van der Waals surface area contributed by atoms with Crippen LogP contribution >= 0.6 is 0 Å². The van der Waals surface area contributed by atoms with E-state index in [9.17, 15) is 0 Å². The van der Waals surface area contributed by atoms with Crippen molar-refractivity contribution in [3.63, 3.8) is 0 Å². The van der Waals surface area contributed by atoms with E-state index in [-0.39, 0.29) is 0 Å². The average Bonchev–Trinajstić information content (AvgIpc) is 3.26. The highest BCUT2D eigenvalue weighted by Crippen LogP contribution is 2.18. The smallest absolute Gasteiger partial charge is 0.191 e. The van der Waals surface area contributed by atoms with Crippen LogP contribution in [0.5, 0.6) is 0 Å². The summed E-state index contributed by atoms with van der Waals surface area (Å²) in [5.41, 5.74) is 2.54. The minimum atomic E-state index is 0.480. The van der Waals surface area contributed by atoms with Crippen LogP contribution in [0.4, 0.5) is 5.69 Å². The summed E-state index contributed by atoms with van der Waals surface area (Å²) in [4.78, 5) is 9.31. The first-order valence-corrected chi connectivity index (χ1v) is 10.4. The van der Waals surface area contributed by atoms with Crippen LogP contribution in [-0.2, 0) is 11.3 Å². The lowest BCUT2D eigenvalue weighted by Gasteiger charge is -2.37. The lowest BCUT2D eigenvalue weighted by molar-refractivity contribution is 0.00752. The van der Waals surface area contributed by atoms with Gasteiger partial charge in [0.25, 0.3) is 0 Å². The molecule has 0 aromatic heterocycles. The van der Waals surface area contributed by atoms with Gasteiger partial charge in [0.15, 0.2) is 5.96 Å². The molecular formula is C22H35N5O. The van der Waals surface area contributed by atoms with Crippen LogP contribution in [0.2, 0.25) is 0 Å². The summed E-state index contributed by atoms with van der Waals surface area (Å²) in [6, 6.07) is 9.22. The van der Waals surface area contributed by atoms with E-state index in [1.165, 1.54) is 11.3 Å². The third-order valence-corrected chi connectivity index (χ3v) is 5.54. The largest absolute Gasteiger partial charge is 0.379 e. The van der Waals surface area contributed by atoms with Crippen molar-refractivity contribution in [3.8, 4) is 0 Å². The molecule has 2 heterocycles. The van der Waals surface area contributed by atoms with E-state index in [1.807, 2.05) is 7.05 Å². The van der Waals surface area contributed by atoms with Crippen LogP contribution in [0, 0.1) is 5.92 Å². The quantitative estimate of drug-likeness (QED) is 0.428. The molecule has 0 saturated carbocycles. The topological polar surface area (TPSA) is 52.1 Å². The second-order valence-electron chi connectivity index (χ2n) is 7.81. The minimum absolute atomic E-state index is 0.480. The van der Waals surface area contributed by atoms with E-state index in [2.05, 4.69) is 75.7 Å². The highest BCUT2D eigenvalue weighted by molar-refractivity contribution is 5.79. The molecule has 1 fully saturated rings. The fraction of sp³-hybridized carbons (Fsp3) is 0.591. The minimum Gasteiger partial charge on any atom is -0.379 e. The number of ether oxygens (including phenoxy) is 1. The van der Waals surface area contributed by atoms with Gasteiger partial charge in [0.1, 0.15) is 0 Å². The summed E-state index contributed by atoms with van der Waals surface area (Å²) in [5.74, 6) is 1.43. The summed E-state index contributed by atoms with van der Waals surface area (Å²) in [6.07, 6.45) is 4.44. The summed E-state index contributed by atoms with van der Waals surface area (Å²) >= 11 is 0.